The number of carboxylic acids is 1. The summed E-state index contributed by atoms with van der Waals surface area (Å²) in [5.74, 6) is -1.32. The van der Waals surface area contributed by atoms with Gasteiger partial charge < -0.3 is 20.1 Å². The molecule has 144 valence electrons. The molecule has 0 saturated heterocycles. The molecule has 0 amide bonds. The van der Waals surface area contributed by atoms with E-state index in [0.29, 0.717) is 19.3 Å². The zero-order chi connectivity index (χ0) is 18.7. The van der Waals surface area contributed by atoms with Crippen molar-refractivity contribution in [2.75, 3.05) is 0 Å². The van der Waals surface area contributed by atoms with Gasteiger partial charge in [0.2, 0.25) is 0 Å². The molecule has 0 aromatic carbocycles. The standard InChI is InChI=1S/C20H34O5.Na/c1-2-3-6-9-15(21)12-13-17-16(18(22)14-19(17)23)10-7-4-5-8-11-20(24)25;/h12-13,15-17,19,21,23H,2-11,14H2,1H3,(H,24,25);/q;+1/p-1/t15?,16-,17-,19?;/m1./s1. The van der Waals surface area contributed by atoms with Crippen molar-refractivity contribution in [3.05, 3.63) is 12.2 Å². The fraction of sp³-hybridized carbons (Fsp3) is 0.800. The van der Waals surface area contributed by atoms with Crippen LogP contribution < -0.4 is 34.7 Å². The summed E-state index contributed by atoms with van der Waals surface area (Å²) < 4.78 is 0. The van der Waals surface area contributed by atoms with Crippen LogP contribution in [0.2, 0.25) is 0 Å². The molecular formula is C20H33NaO5. The molecule has 26 heavy (non-hydrogen) atoms. The van der Waals surface area contributed by atoms with Crippen LogP contribution in [0.4, 0.5) is 0 Å². The van der Waals surface area contributed by atoms with E-state index < -0.39 is 18.2 Å². The van der Waals surface area contributed by atoms with Crippen LogP contribution in [-0.2, 0) is 9.59 Å². The topological polar surface area (TPSA) is 97.7 Å². The van der Waals surface area contributed by atoms with E-state index in [4.69, 9.17) is 0 Å². The van der Waals surface area contributed by atoms with E-state index in [1.54, 1.807) is 6.08 Å². The number of aliphatic hydroxyl groups is 2. The van der Waals surface area contributed by atoms with Crippen molar-refractivity contribution < 1.29 is 54.5 Å². The SMILES string of the molecule is CCCCCC(O)C=C[C@H]1C(O)CC(=O)[C@@H]1CCCCCCC(=O)[O-].[Na+]. The van der Waals surface area contributed by atoms with Gasteiger partial charge in [0.25, 0.3) is 0 Å². The predicted octanol–water partition coefficient (Wildman–Crippen LogP) is -0.856. The number of ketones is 1. The van der Waals surface area contributed by atoms with E-state index >= 15 is 0 Å². The van der Waals surface area contributed by atoms with Gasteiger partial charge in [-0.1, -0.05) is 57.6 Å². The fourth-order valence-corrected chi connectivity index (χ4v) is 3.54. The van der Waals surface area contributed by atoms with Gasteiger partial charge in [-0.05, 0) is 25.7 Å². The maximum atomic E-state index is 12.1. The first-order valence-electron chi connectivity index (χ1n) is 9.72. The molecule has 1 fully saturated rings. The average Bonchev–Trinajstić information content (AvgIpc) is 2.82. The van der Waals surface area contributed by atoms with Gasteiger partial charge in [-0.2, -0.15) is 0 Å². The molecule has 4 atom stereocenters. The van der Waals surface area contributed by atoms with Gasteiger partial charge in [0.1, 0.15) is 5.78 Å². The Hall–Kier alpha value is -0.200. The first-order valence-corrected chi connectivity index (χ1v) is 9.72. The molecule has 1 saturated carbocycles. The van der Waals surface area contributed by atoms with Crippen LogP contribution in [0, 0.1) is 11.8 Å². The third-order valence-electron chi connectivity index (χ3n) is 5.04. The van der Waals surface area contributed by atoms with Crippen LogP contribution >= 0.6 is 0 Å². The molecule has 2 N–H and O–H groups in total. The van der Waals surface area contributed by atoms with E-state index in [0.717, 1.165) is 38.5 Å². The second-order valence-corrected chi connectivity index (χ2v) is 7.19. The van der Waals surface area contributed by atoms with Gasteiger partial charge in [0, 0.05) is 24.2 Å². The molecule has 0 spiro atoms. The Balaban J connectivity index is 0.00000625. The van der Waals surface area contributed by atoms with Crippen LogP contribution in [0.1, 0.15) is 77.6 Å². The molecule has 1 aliphatic carbocycles. The molecule has 2 unspecified atom stereocenters. The minimum Gasteiger partial charge on any atom is -0.550 e. The van der Waals surface area contributed by atoms with Gasteiger partial charge in [-0.3, -0.25) is 4.79 Å². The summed E-state index contributed by atoms with van der Waals surface area (Å²) in [5, 5.41) is 30.5. The summed E-state index contributed by atoms with van der Waals surface area (Å²) in [6.45, 7) is 2.12. The minimum atomic E-state index is -1.02. The van der Waals surface area contributed by atoms with Crippen LogP contribution in [0.15, 0.2) is 12.2 Å². The summed E-state index contributed by atoms with van der Waals surface area (Å²) in [6, 6.07) is 0. The van der Waals surface area contributed by atoms with E-state index in [-0.39, 0.29) is 60.0 Å². The molecule has 0 heterocycles. The Morgan fingerprint density at radius 2 is 1.92 bits per heavy atom. The zero-order valence-electron chi connectivity index (χ0n) is 16.4. The number of aliphatic carboxylic acids is 1. The largest absolute Gasteiger partial charge is 1.00 e. The summed E-state index contributed by atoms with van der Waals surface area (Å²) in [5.41, 5.74) is 0. The molecule has 0 radical (unpaired) electrons. The van der Waals surface area contributed by atoms with Crippen molar-refractivity contribution in [1.29, 1.82) is 0 Å². The molecule has 0 aromatic heterocycles. The number of carboxylic acid groups (broad SMARTS) is 1. The van der Waals surface area contributed by atoms with E-state index in [2.05, 4.69) is 6.92 Å². The molecule has 1 aliphatic rings. The van der Waals surface area contributed by atoms with Crippen LogP contribution in [0.5, 0.6) is 0 Å². The van der Waals surface area contributed by atoms with Gasteiger partial charge in [0.05, 0.1) is 12.2 Å². The maximum Gasteiger partial charge on any atom is 1.00 e. The normalized spacial score (nSPS) is 24.0. The van der Waals surface area contributed by atoms with Crippen LogP contribution in [-0.4, -0.2) is 34.2 Å². The van der Waals surface area contributed by atoms with Gasteiger partial charge in [-0.15, -0.1) is 0 Å². The maximum absolute atomic E-state index is 12.1. The Labute approximate surface area is 179 Å². The third-order valence-corrected chi connectivity index (χ3v) is 5.04. The van der Waals surface area contributed by atoms with Gasteiger partial charge >= 0.3 is 29.6 Å². The first-order chi connectivity index (χ1) is 12.0. The van der Waals surface area contributed by atoms with Crippen LogP contribution in [0.3, 0.4) is 0 Å². The number of unbranched alkanes of at least 4 members (excludes halogenated alkanes) is 5. The number of rotatable bonds is 13. The van der Waals surface area contributed by atoms with Crippen molar-refractivity contribution in [2.45, 2.75) is 89.8 Å². The summed E-state index contributed by atoms with van der Waals surface area (Å²) >= 11 is 0. The zero-order valence-corrected chi connectivity index (χ0v) is 18.4. The summed E-state index contributed by atoms with van der Waals surface area (Å²) in [6.07, 6.45) is 10.4. The Bertz CT molecular complexity index is 438. The molecule has 0 aliphatic heterocycles. The van der Waals surface area contributed by atoms with Crippen molar-refractivity contribution in [1.82, 2.24) is 0 Å². The van der Waals surface area contributed by atoms with Crippen molar-refractivity contribution in [3.63, 3.8) is 0 Å². The van der Waals surface area contributed by atoms with Crippen LogP contribution in [0.25, 0.3) is 0 Å². The van der Waals surface area contributed by atoms with E-state index in [1.165, 1.54) is 0 Å². The van der Waals surface area contributed by atoms with E-state index in [1.807, 2.05) is 6.08 Å². The van der Waals surface area contributed by atoms with Gasteiger partial charge in [-0.25, -0.2) is 0 Å². The van der Waals surface area contributed by atoms with E-state index in [9.17, 15) is 24.9 Å². The summed E-state index contributed by atoms with van der Waals surface area (Å²) in [7, 11) is 0. The average molecular weight is 376 g/mol. The number of hydrogen-bond donors (Lipinski definition) is 2. The van der Waals surface area contributed by atoms with Gasteiger partial charge in [0.15, 0.2) is 0 Å². The molecular weight excluding hydrogens is 343 g/mol. The van der Waals surface area contributed by atoms with Crippen molar-refractivity contribution in [2.24, 2.45) is 11.8 Å². The molecule has 0 bridgehead atoms. The number of carbonyl (C=O) groups is 2. The fourth-order valence-electron chi connectivity index (χ4n) is 3.54. The molecule has 0 aromatic rings. The first kappa shape index (κ1) is 25.8. The van der Waals surface area contributed by atoms with Crippen molar-refractivity contribution >= 4 is 11.8 Å². The Morgan fingerprint density at radius 3 is 2.58 bits per heavy atom. The predicted molar refractivity (Wildman–Crippen MR) is 94.6 cm³/mol. The minimum absolute atomic E-state index is 0. The number of carbonyl (C=O) groups excluding carboxylic acids is 2. The second kappa shape index (κ2) is 14.8. The quantitative estimate of drug-likeness (QED) is 0.248. The monoisotopic (exact) mass is 376 g/mol. The molecule has 1 rings (SSSR count). The summed E-state index contributed by atoms with van der Waals surface area (Å²) in [4.78, 5) is 22.5. The van der Waals surface area contributed by atoms with Crippen molar-refractivity contribution in [3.8, 4) is 0 Å². The second-order valence-electron chi connectivity index (χ2n) is 7.19. The molecule has 5 nitrogen and oxygen atoms in total. The smallest absolute Gasteiger partial charge is 0.550 e. The number of Topliss-reactive ketones (excluding diaryl/α,β-unsaturated/α-hetero) is 1. The number of aliphatic hydroxyl groups excluding tert-OH is 2. The Kier molecular flexibility index (Phi) is 14.7. The Morgan fingerprint density at radius 1 is 1.23 bits per heavy atom. The third kappa shape index (κ3) is 10.2. The number of hydrogen-bond acceptors (Lipinski definition) is 5. The molecule has 6 heteroatoms.